The zero-order valence-electron chi connectivity index (χ0n) is 11.5. The van der Waals surface area contributed by atoms with Gasteiger partial charge in [0.2, 0.25) is 0 Å². The van der Waals surface area contributed by atoms with Crippen molar-refractivity contribution in [2.75, 3.05) is 18.6 Å². The van der Waals surface area contributed by atoms with E-state index in [0.29, 0.717) is 6.61 Å². The second-order valence-corrected chi connectivity index (χ2v) is 6.06. The molecule has 108 valence electrons. The molecule has 0 amide bonds. The molecule has 0 radical (unpaired) electrons. The molecule has 1 aliphatic heterocycles. The first-order valence-corrected chi connectivity index (χ1v) is 7.72. The quantitative estimate of drug-likeness (QED) is 0.757. The Labute approximate surface area is 137 Å². The van der Waals surface area contributed by atoms with E-state index in [9.17, 15) is 0 Å². The number of anilines is 1. The van der Waals surface area contributed by atoms with Crippen LogP contribution in [0.25, 0.3) is 0 Å². The zero-order chi connectivity index (χ0) is 14.8. The average Bonchev–Trinajstić information content (AvgIpc) is 2.90. The Bertz CT molecular complexity index is 642. The van der Waals surface area contributed by atoms with E-state index < -0.39 is 0 Å². The molecule has 21 heavy (non-hydrogen) atoms. The number of nitrogens with zero attached hydrogens (tertiary/aromatic N) is 1. The van der Waals surface area contributed by atoms with Crippen LogP contribution in [0.15, 0.2) is 53.0 Å². The summed E-state index contributed by atoms with van der Waals surface area (Å²) in [7, 11) is 1.66. The summed E-state index contributed by atoms with van der Waals surface area (Å²) in [5.74, 6) is 0.824. The first kappa shape index (κ1) is 14.5. The number of thiocarbonyl (C=S) groups is 1. The molecule has 3 rings (SSSR count). The van der Waals surface area contributed by atoms with Crippen LogP contribution in [-0.2, 0) is 4.74 Å². The second kappa shape index (κ2) is 6.13. The normalized spacial score (nSPS) is 18.1. The molecule has 3 nitrogen and oxygen atoms in total. The SMILES string of the molecule is COc1ccc(N2C(=S)CO[C@H]2c2ccc(Br)cc2)cc1. The van der Waals surface area contributed by atoms with Crippen molar-refractivity contribution < 1.29 is 9.47 Å². The van der Waals surface area contributed by atoms with Crippen molar-refractivity contribution in [3.8, 4) is 5.75 Å². The van der Waals surface area contributed by atoms with Gasteiger partial charge in [-0.25, -0.2) is 0 Å². The lowest BCUT2D eigenvalue weighted by Gasteiger charge is -2.25. The molecule has 0 aromatic heterocycles. The highest BCUT2D eigenvalue weighted by molar-refractivity contribution is 9.10. The predicted molar refractivity (Wildman–Crippen MR) is 90.9 cm³/mol. The summed E-state index contributed by atoms with van der Waals surface area (Å²) in [4.78, 5) is 2.82. The van der Waals surface area contributed by atoms with Crippen LogP contribution in [0.4, 0.5) is 5.69 Å². The van der Waals surface area contributed by atoms with Gasteiger partial charge in [0.1, 0.15) is 17.3 Å². The third-order valence-electron chi connectivity index (χ3n) is 3.37. The fourth-order valence-electron chi connectivity index (χ4n) is 2.32. The fourth-order valence-corrected chi connectivity index (χ4v) is 2.85. The van der Waals surface area contributed by atoms with Crippen molar-refractivity contribution in [1.82, 2.24) is 0 Å². The molecule has 0 bridgehead atoms. The molecule has 0 spiro atoms. The Morgan fingerprint density at radius 3 is 2.43 bits per heavy atom. The molecule has 0 unspecified atom stereocenters. The topological polar surface area (TPSA) is 21.7 Å². The van der Waals surface area contributed by atoms with Crippen LogP contribution in [0, 0.1) is 0 Å². The minimum absolute atomic E-state index is 0.181. The fraction of sp³-hybridized carbons (Fsp3) is 0.188. The Morgan fingerprint density at radius 2 is 1.81 bits per heavy atom. The van der Waals surface area contributed by atoms with Crippen molar-refractivity contribution in [3.63, 3.8) is 0 Å². The minimum atomic E-state index is -0.181. The lowest BCUT2D eigenvalue weighted by atomic mass is 10.1. The second-order valence-electron chi connectivity index (χ2n) is 4.68. The molecule has 0 N–H and O–H groups in total. The largest absolute Gasteiger partial charge is 0.497 e. The van der Waals surface area contributed by atoms with E-state index >= 15 is 0 Å². The first-order chi connectivity index (χ1) is 10.2. The molecule has 1 aliphatic rings. The molecule has 1 atom stereocenters. The highest BCUT2D eigenvalue weighted by Crippen LogP contribution is 2.34. The van der Waals surface area contributed by atoms with Crippen LogP contribution < -0.4 is 9.64 Å². The van der Waals surface area contributed by atoms with Gasteiger partial charge in [0.05, 0.1) is 7.11 Å². The van der Waals surface area contributed by atoms with E-state index in [-0.39, 0.29) is 6.23 Å². The smallest absolute Gasteiger partial charge is 0.161 e. The molecular formula is C16H14BrNO2S. The van der Waals surface area contributed by atoms with Crippen molar-refractivity contribution >= 4 is 38.8 Å². The summed E-state index contributed by atoms with van der Waals surface area (Å²) < 4.78 is 12.1. The monoisotopic (exact) mass is 363 g/mol. The lowest BCUT2D eigenvalue weighted by molar-refractivity contribution is 0.117. The number of hydrogen-bond acceptors (Lipinski definition) is 3. The molecule has 1 saturated heterocycles. The number of ether oxygens (including phenoxy) is 2. The Morgan fingerprint density at radius 1 is 1.14 bits per heavy atom. The van der Waals surface area contributed by atoms with E-state index in [1.165, 1.54) is 0 Å². The van der Waals surface area contributed by atoms with Gasteiger partial charge in [-0.3, -0.25) is 0 Å². The van der Waals surface area contributed by atoms with Crippen molar-refractivity contribution in [2.24, 2.45) is 0 Å². The number of halogens is 1. The van der Waals surface area contributed by atoms with Gasteiger partial charge < -0.3 is 14.4 Å². The van der Waals surface area contributed by atoms with Crippen LogP contribution in [0.1, 0.15) is 11.8 Å². The molecule has 5 heteroatoms. The predicted octanol–water partition coefficient (Wildman–Crippen LogP) is 4.32. The molecule has 2 aromatic carbocycles. The van der Waals surface area contributed by atoms with Gasteiger partial charge in [-0.05, 0) is 36.4 Å². The summed E-state index contributed by atoms with van der Waals surface area (Å²) >= 11 is 8.89. The molecule has 1 fully saturated rings. The van der Waals surface area contributed by atoms with Crippen molar-refractivity contribution in [1.29, 1.82) is 0 Å². The van der Waals surface area contributed by atoms with Gasteiger partial charge in [0, 0.05) is 15.7 Å². The van der Waals surface area contributed by atoms with Gasteiger partial charge in [0.15, 0.2) is 6.23 Å². The summed E-state index contributed by atoms with van der Waals surface area (Å²) in [5.41, 5.74) is 2.08. The highest BCUT2D eigenvalue weighted by Gasteiger charge is 2.31. The van der Waals surface area contributed by atoms with Crippen LogP contribution >= 0.6 is 28.1 Å². The number of benzene rings is 2. The van der Waals surface area contributed by atoms with E-state index in [2.05, 4.69) is 15.9 Å². The summed E-state index contributed by atoms with van der Waals surface area (Å²) in [6.07, 6.45) is -0.181. The van der Waals surface area contributed by atoms with Gasteiger partial charge in [-0.1, -0.05) is 40.3 Å². The summed E-state index contributed by atoms with van der Waals surface area (Å²) in [5, 5.41) is 0. The Hall–Kier alpha value is -1.43. The van der Waals surface area contributed by atoms with Gasteiger partial charge in [-0.15, -0.1) is 0 Å². The van der Waals surface area contributed by atoms with Crippen LogP contribution in [0.3, 0.4) is 0 Å². The molecule has 0 saturated carbocycles. The maximum atomic E-state index is 5.85. The van der Waals surface area contributed by atoms with E-state index in [1.54, 1.807) is 7.11 Å². The Balaban J connectivity index is 1.93. The Kier molecular flexibility index (Phi) is 4.24. The van der Waals surface area contributed by atoms with Crippen molar-refractivity contribution in [3.05, 3.63) is 58.6 Å². The number of rotatable bonds is 3. The summed E-state index contributed by atoms with van der Waals surface area (Å²) in [6, 6.07) is 15.9. The van der Waals surface area contributed by atoms with Gasteiger partial charge in [0.25, 0.3) is 0 Å². The third-order valence-corrected chi connectivity index (χ3v) is 4.22. The maximum absolute atomic E-state index is 5.85. The number of methoxy groups -OCH3 is 1. The maximum Gasteiger partial charge on any atom is 0.161 e. The van der Waals surface area contributed by atoms with E-state index in [1.807, 2.05) is 53.4 Å². The molecule has 2 aromatic rings. The first-order valence-electron chi connectivity index (χ1n) is 6.52. The third kappa shape index (κ3) is 2.95. The standard InChI is InChI=1S/C16H14BrNO2S/c1-19-14-8-6-13(7-9-14)18-15(21)10-20-16(18)11-2-4-12(17)5-3-11/h2-9,16H,10H2,1H3/t16-/m0/s1. The van der Waals surface area contributed by atoms with Gasteiger partial charge in [-0.2, -0.15) is 0 Å². The number of hydrogen-bond donors (Lipinski definition) is 0. The lowest BCUT2D eigenvalue weighted by Crippen LogP contribution is -2.26. The molecule has 0 aliphatic carbocycles. The molecular weight excluding hydrogens is 350 g/mol. The van der Waals surface area contributed by atoms with E-state index in [0.717, 1.165) is 26.5 Å². The zero-order valence-corrected chi connectivity index (χ0v) is 13.9. The van der Waals surface area contributed by atoms with E-state index in [4.69, 9.17) is 21.7 Å². The van der Waals surface area contributed by atoms with Crippen LogP contribution in [-0.4, -0.2) is 18.7 Å². The minimum Gasteiger partial charge on any atom is -0.497 e. The van der Waals surface area contributed by atoms with Crippen molar-refractivity contribution in [2.45, 2.75) is 6.23 Å². The van der Waals surface area contributed by atoms with Crippen LogP contribution in [0.5, 0.6) is 5.75 Å². The van der Waals surface area contributed by atoms with Crippen LogP contribution in [0.2, 0.25) is 0 Å². The summed E-state index contributed by atoms with van der Waals surface area (Å²) in [6.45, 7) is 0.460. The molecule has 1 heterocycles. The van der Waals surface area contributed by atoms with Gasteiger partial charge >= 0.3 is 0 Å². The highest BCUT2D eigenvalue weighted by atomic mass is 79.9. The average molecular weight is 364 g/mol.